The molecule has 4 rings (SSSR count). The number of carbonyl (C=O) groups is 1. The van der Waals surface area contributed by atoms with Crippen molar-refractivity contribution < 1.29 is 14.6 Å². The van der Waals surface area contributed by atoms with Gasteiger partial charge in [-0.3, -0.25) is 10.1 Å². The number of aryl methyl sites for hydroxylation is 1. The minimum absolute atomic E-state index is 0.0486. The summed E-state index contributed by atoms with van der Waals surface area (Å²) in [6.45, 7) is 3.71. The highest BCUT2D eigenvalue weighted by Crippen LogP contribution is 2.20. The molecule has 3 aromatic rings. The van der Waals surface area contributed by atoms with Crippen molar-refractivity contribution in [3.8, 4) is 0 Å². The zero-order chi connectivity index (χ0) is 20.4. The number of aromatic nitrogens is 2. The first kappa shape index (κ1) is 18.9. The fourth-order valence-electron chi connectivity index (χ4n) is 3.66. The Balaban J connectivity index is 1.37. The lowest BCUT2D eigenvalue weighted by Crippen LogP contribution is -3.13. The van der Waals surface area contributed by atoms with E-state index in [1.54, 1.807) is 6.07 Å². The molecule has 1 aliphatic rings. The first-order valence-electron chi connectivity index (χ1n) is 9.55. The predicted octanol–water partition coefficient (Wildman–Crippen LogP) is 1.41. The Morgan fingerprint density at radius 1 is 1.21 bits per heavy atom. The van der Waals surface area contributed by atoms with E-state index in [0.717, 1.165) is 30.1 Å². The Kier molecular flexibility index (Phi) is 5.13. The Labute approximate surface area is 167 Å². The summed E-state index contributed by atoms with van der Waals surface area (Å²) in [5.74, 6) is 0.887. The number of nitro benzene ring substituents is 1. The van der Waals surface area contributed by atoms with E-state index in [4.69, 9.17) is 0 Å². The molecule has 1 saturated heterocycles. The lowest BCUT2D eigenvalue weighted by atomic mass is 10.3. The average molecular weight is 395 g/mol. The van der Waals surface area contributed by atoms with Crippen LogP contribution in [0.2, 0.25) is 0 Å². The first-order valence-corrected chi connectivity index (χ1v) is 9.55. The summed E-state index contributed by atoms with van der Waals surface area (Å²) in [7, 11) is 1.93. The largest absolute Gasteiger partial charge is 0.326 e. The third-order valence-corrected chi connectivity index (χ3v) is 5.36. The fraction of sp³-hybridized carbons (Fsp3) is 0.300. The van der Waals surface area contributed by atoms with Gasteiger partial charge < -0.3 is 19.7 Å². The molecule has 0 radical (unpaired) electrons. The van der Waals surface area contributed by atoms with Crippen LogP contribution in [0.4, 0.5) is 16.2 Å². The number of para-hydroxylation sites is 1. The average Bonchev–Trinajstić information content (AvgIpc) is 3.04. The van der Waals surface area contributed by atoms with Gasteiger partial charge in [-0.05, 0) is 18.2 Å². The summed E-state index contributed by atoms with van der Waals surface area (Å²) in [5, 5.41) is 13.9. The van der Waals surface area contributed by atoms with E-state index in [1.807, 2.05) is 46.8 Å². The van der Waals surface area contributed by atoms with Crippen LogP contribution in [0, 0.1) is 10.1 Å². The lowest BCUT2D eigenvalue weighted by Gasteiger charge is -2.32. The Morgan fingerprint density at radius 3 is 2.62 bits per heavy atom. The highest BCUT2D eigenvalue weighted by atomic mass is 16.6. The number of rotatable bonds is 4. The van der Waals surface area contributed by atoms with E-state index in [1.165, 1.54) is 17.0 Å². The van der Waals surface area contributed by atoms with Crippen molar-refractivity contribution in [1.29, 1.82) is 0 Å². The van der Waals surface area contributed by atoms with Crippen molar-refractivity contribution in [3.63, 3.8) is 0 Å². The summed E-state index contributed by atoms with van der Waals surface area (Å²) in [5.41, 5.74) is 2.36. The third kappa shape index (κ3) is 4.04. The second kappa shape index (κ2) is 7.88. The number of anilines is 1. The molecular formula is C20H23N6O3+. The van der Waals surface area contributed by atoms with Gasteiger partial charge in [0.25, 0.3) is 5.69 Å². The van der Waals surface area contributed by atoms with Gasteiger partial charge in [-0.25, -0.2) is 9.78 Å². The lowest BCUT2D eigenvalue weighted by molar-refractivity contribution is -0.918. The van der Waals surface area contributed by atoms with Crippen molar-refractivity contribution in [3.05, 3.63) is 64.5 Å². The van der Waals surface area contributed by atoms with Crippen molar-refractivity contribution in [2.75, 3.05) is 31.5 Å². The van der Waals surface area contributed by atoms with Crippen molar-refractivity contribution in [2.24, 2.45) is 7.05 Å². The number of imidazole rings is 1. The fourth-order valence-corrected chi connectivity index (χ4v) is 3.66. The van der Waals surface area contributed by atoms with Crippen LogP contribution in [0.25, 0.3) is 11.0 Å². The van der Waals surface area contributed by atoms with Crippen LogP contribution in [-0.2, 0) is 13.6 Å². The molecule has 0 bridgehead atoms. The molecule has 0 saturated carbocycles. The SMILES string of the molecule is Cn1c(C[NH+]2CCN(C(=O)Nc3ccccc3)CC2)nc2cc([N+](=O)[O-])ccc21. The summed E-state index contributed by atoms with van der Waals surface area (Å²) < 4.78 is 1.99. The molecule has 2 aromatic carbocycles. The van der Waals surface area contributed by atoms with E-state index < -0.39 is 4.92 Å². The normalized spacial score (nSPS) is 14.9. The van der Waals surface area contributed by atoms with Gasteiger partial charge in [-0.1, -0.05) is 18.2 Å². The number of nitro groups is 1. The topological polar surface area (TPSA) is 97.7 Å². The Bertz CT molecular complexity index is 1040. The van der Waals surface area contributed by atoms with Gasteiger partial charge in [0.2, 0.25) is 0 Å². The van der Waals surface area contributed by atoms with Gasteiger partial charge in [-0.15, -0.1) is 0 Å². The Hall–Kier alpha value is -3.46. The molecule has 9 heteroatoms. The van der Waals surface area contributed by atoms with Gasteiger partial charge >= 0.3 is 6.03 Å². The number of piperazine rings is 1. The summed E-state index contributed by atoms with van der Waals surface area (Å²) in [6, 6.07) is 14.1. The predicted molar refractivity (Wildman–Crippen MR) is 109 cm³/mol. The third-order valence-electron chi connectivity index (χ3n) is 5.36. The van der Waals surface area contributed by atoms with Crippen molar-refractivity contribution >= 4 is 28.4 Å². The maximum Gasteiger partial charge on any atom is 0.322 e. The monoisotopic (exact) mass is 395 g/mol. The van der Waals surface area contributed by atoms with Crippen LogP contribution in [0.1, 0.15) is 5.82 Å². The molecule has 2 amide bonds. The van der Waals surface area contributed by atoms with Crippen LogP contribution in [0.15, 0.2) is 48.5 Å². The van der Waals surface area contributed by atoms with Gasteiger partial charge in [0.1, 0.15) is 6.54 Å². The van der Waals surface area contributed by atoms with Gasteiger partial charge in [-0.2, -0.15) is 0 Å². The maximum atomic E-state index is 12.4. The highest BCUT2D eigenvalue weighted by molar-refractivity contribution is 5.89. The van der Waals surface area contributed by atoms with E-state index in [9.17, 15) is 14.9 Å². The van der Waals surface area contributed by atoms with Crippen molar-refractivity contribution in [2.45, 2.75) is 6.54 Å². The number of urea groups is 1. The summed E-state index contributed by atoms with van der Waals surface area (Å²) in [4.78, 5) is 30.8. The number of quaternary nitrogens is 1. The molecular weight excluding hydrogens is 372 g/mol. The van der Waals surface area contributed by atoms with E-state index in [0.29, 0.717) is 25.2 Å². The zero-order valence-corrected chi connectivity index (χ0v) is 16.2. The highest BCUT2D eigenvalue weighted by Gasteiger charge is 2.25. The van der Waals surface area contributed by atoms with Crippen LogP contribution < -0.4 is 10.2 Å². The minimum atomic E-state index is -0.404. The number of carbonyl (C=O) groups excluding carboxylic acids is 1. The first-order chi connectivity index (χ1) is 14.0. The molecule has 1 aliphatic heterocycles. The summed E-state index contributed by atoms with van der Waals surface area (Å²) >= 11 is 0. The summed E-state index contributed by atoms with van der Waals surface area (Å²) in [6.07, 6.45) is 0. The molecule has 2 N–H and O–H groups in total. The molecule has 0 atom stereocenters. The molecule has 0 spiro atoms. The quantitative estimate of drug-likeness (QED) is 0.516. The number of non-ortho nitro benzene ring substituents is 1. The van der Waals surface area contributed by atoms with E-state index in [2.05, 4.69) is 10.3 Å². The van der Waals surface area contributed by atoms with Gasteiger partial charge in [0, 0.05) is 24.9 Å². The smallest absolute Gasteiger partial charge is 0.322 e. The number of hydrogen-bond donors (Lipinski definition) is 2. The van der Waals surface area contributed by atoms with Crippen LogP contribution in [0.5, 0.6) is 0 Å². The number of fused-ring (bicyclic) bond motifs is 1. The number of nitrogens with zero attached hydrogens (tertiary/aromatic N) is 4. The molecule has 29 heavy (non-hydrogen) atoms. The molecule has 1 fully saturated rings. The van der Waals surface area contributed by atoms with E-state index in [-0.39, 0.29) is 11.7 Å². The molecule has 150 valence electrons. The standard InChI is InChI=1S/C20H22N6O3/c1-23-18-8-7-16(26(28)29)13-17(18)22-19(23)14-24-9-11-25(12-10-24)20(27)21-15-5-3-2-4-6-15/h2-8,13H,9-12,14H2,1H3,(H,21,27)/p+1. The number of benzene rings is 2. The second-order valence-electron chi connectivity index (χ2n) is 7.23. The number of nitrogens with one attached hydrogen (secondary N) is 2. The molecule has 2 heterocycles. The maximum absolute atomic E-state index is 12.4. The van der Waals surface area contributed by atoms with Crippen molar-refractivity contribution in [1.82, 2.24) is 14.5 Å². The Morgan fingerprint density at radius 2 is 1.93 bits per heavy atom. The van der Waals surface area contributed by atoms with Crippen LogP contribution in [0.3, 0.4) is 0 Å². The zero-order valence-electron chi connectivity index (χ0n) is 16.2. The molecule has 0 aliphatic carbocycles. The van der Waals surface area contributed by atoms with Gasteiger partial charge in [0.05, 0.1) is 42.1 Å². The molecule has 9 nitrogen and oxygen atoms in total. The number of amides is 2. The minimum Gasteiger partial charge on any atom is -0.326 e. The van der Waals surface area contributed by atoms with Crippen LogP contribution >= 0.6 is 0 Å². The van der Waals surface area contributed by atoms with E-state index >= 15 is 0 Å². The number of hydrogen-bond acceptors (Lipinski definition) is 4. The second-order valence-corrected chi connectivity index (χ2v) is 7.23. The molecule has 0 unspecified atom stereocenters. The van der Waals surface area contributed by atoms with Crippen LogP contribution in [-0.4, -0.2) is 51.6 Å². The van der Waals surface area contributed by atoms with Gasteiger partial charge in [0.15, 0.2) is 5.82 Å². The molecule has 1 aromatic heterocycles.